The molecule has 0 saturated heterocycles. The quantitative estimate of drug-likeness (QED) is 0.742. The topological polar surface area (TPSA) is 76.2 Å². The number of aryl methyl sites for hydroxylation is 1. The smallest absolute Gasteiger partial charge is 0.346 e. The molecule has 0 aliphatic carbocycles. The summed E-state index contributed by atoms with van der Waals surface area (Å²) in [7, 11) is 0. The summed E-state index contributed by atoms with van der Waals surface area (Å²) in [5.41, 5.74) is 0.805. The second kappa shape index (κ2) is 5.26. The first-order valence-corrected chi connectivity index (χ1v) is 7.62. The molecule has 0 saturated carbocycles. The summed E-state index contributed by atoms with van der Waals surface area (Å²) in [5.74, 6) is 0.0949. The zero-order valence-corrected chi connectivity index (χ0v) is 12.1. The number of nitrogens with zero attached hydrogens (tertiary/aromatic N) is 2. The second-order valence-electron chi connectivity index (χ2n) is 4.09. The molecule has 0 unspecified atom stereocenters. The molecule has 0 amide bonds. The van der Waals surface area contributed by atoms with E-state index in [1.165, 1.54) is 23.1 Å². The van der Waals surface area contributed by atoms with Crippen molar-refractivity contribution in [3.63, 3.8) is 0 Å². The van der Waals surface area contributed by atoms with Crippen LogP contribution in [0.25, 0.3) is 10.1 Å². The molecule has 0 fully saturated rings. The predicted octanol–water partition coefficient (Wildman–Crippen LogP) is 3.58. The lowest BCUT2D eigenvalue weighted by Gasteiger charge is -1.99. The lowest BCUT2D eigenvalue weighted by atomic mass is 10.1. The van der Waals surface area contributed by atoms with Gasteiger partial charge in [0, 0.05) is 17.4 Å². The lowest BCUT2D eigenvalue weighted by Crippen LogP contribution is -1.96. The van der Waals surface area contributed by atoms with Crippen LogP contribution in [0.15, 0.2) is 33.9 Å². The van der Waals surface area contributed by atoms with E-state index in [-0.39, 0.29) is 0 Å². The summed E-state index contributed by atoms with van der Waals surface area (Å²) in [6, 6.07) is 7.68. The van der Waals surface area contributed by atoms with Gasteiger partial charge in [0.25, 0.3) is 5.22 Å². The Morgan fingerprint density at radius 3 is 2.90 bits per heavy atom. The van der Waals surface area contributed by atoms with Gasteiger partial charge >= 0.3 is 5.97 Å². The molecule has 3 aromatic rings. The summed E-state index contributed by atoms with van der Waals surface area (Å²) in [4.78, 5) is 11.7. The highest BCUT2D eigenvalue weighted by Crippen LogP contribution is 2.35. The van der Waals surface area contributed by atoms with Gasteiger partial charge in [-0.05, 0) is 17.0 Å². The van der Waals surface area contributed by atoms with Gasteiger partial charge in [-0.3, -0.25) is 0 Å². The number of carboxylic acid groups (broad SMARTS) is 1. The first-order chi connectivity index (χ1) is 9.65. The van der Waals surface area contributed by atoms with E-state index in [2.05, 4.69) is 10.2 Å². The van der Waals surface area contributed by atoms with Gasteiger partial charge in [-0.1, -0.05) is 30.0 Å². The van der Waals surface area contributed by atoms with Crippen LogP contribution in [0, 0.1) is 6.92 Å². The normalized spacial score (nSPS) is 11.1. The largest absolute Gasteiger partial charge is 0.477 e. The Morgan fingerprint density at radius 1 is 1.40 bits per heavy atom. The number of thioether (sulfide) groups is 1. The molecule has 1 N–H and O–H groups in total. The maximum Gasteiger partial charge on any atom is 0.346 e. The Morgan fingerprint density at radius 2 is 2.20 bits per heavy atom. The number of fused-ring (bicyclic) bond motifs is 1. The number of rotatable bonds is 4. The van der Waals surface area contributed by atoms with E-state index in [1.54, 1.807) is 6.92 Å². The first kappa shape index (κ1) is 13.1. The van der Waals surface area contributed by atoms with Crippen molar-refractivity contribution in [1.29, 1.82) is 0 Å². The van der Waals surface area contributed by atoms with Gasteiger partial charge < -0.3 is 9.52 Å². The van der Waals surface area contributed by atoms with Crippen LogP contribution in [0.3, 0.4) is 0 Å². The van der Waals surface area contributed by atoms with Crippen molar-refractivity contribution in [2.75, 3.05) is 0 Å². The maximum absolute atomic E-state index is 11.4. The predicted molar refractivity (Wildman–Crippen MR) is 77.4 cm³/mol. The van der Waals surface area contributed by atoms with Crippen molar-refractivity contribution in [1.82, 2.24) is 10.2 Å². The molecule has 0 bridgehead atoms. The average Bonchev–Trinajstić information content (AvgIpc) is 3.00. The van der Waals surface area contributed by atoms with Crippen molar-refractivity contribution in [3.05, 3.63) is 40.6 Å². The van der Waals surface area contributed by atoms with E-state index >= 15 is 0 Å². The number of benzene rings is 1. The van der Waals surface area contributed by atoms with Crippen molar-refractivity contribution < 1.29 is 14.3 Å². The van der Waals surface area contributed by atoms with E-state index < -0.39 is 5.97 Å². The number of aromatic nitrogens is 2. The summed E-state index contributed by atoms with van der Waals surface area (Å²) < 4.78 is 6.27. The minimum Gasteiger partial charge on any atom is -0.477 e. The summed E-state index contributed by atoms with van der Waals surface area (Å²) in [5, 5.41) is 18.4. The number of hydrogen-bond donors (Lipinski definition) is 1. The Balaban J connectivity index is 1.96. The summed E-state index contributed by atoms with van der Waals surface area (Å²) >= 11 is 2.64. The third-order valence-corrected chi connectivity index (χ3v) is 4.79. The van der Waals surface area contributed by atoms with E-state index in [9.17, 15) is 9.90 Å². The highest BCUT2D eigenvalue weighted by molar-refractivity contribution is 7.98. The van der Waals surface area contributed by atoms with Crippen molar-refractivity contribution >= 4 is 39.2 Å². The number of carboxylic acids is 1. The molecular weight excluding hydrogens is 296 g/mol. The SMILES string of the molecule is Cc1nnc(SCc2c(C(=O)O)sc3ccccc23)o1. The molecule has 0 aliphatic heterocycles. The van der Waals surface area contributed by atoms with Crippen LogP contribution in [0.5, 0.6) is 0 Å². The van der Waals surface area contributed by atoms with Gasteiger partial charge in [0.1, 0.15) is 4.88 Å². The van der Waals surface area contributed by atoms with Gasteiger partial charge in [0.2, 0.25) is 5.89 Å². The number of hydrogen-bond acceptors (Lipinski definition) is 6. The summed E-state index contributed by atoms with van der Waals surface area (Å²) in [6.45, 7) is 1.72. The molecule has 0 atom stereocenters. The zero-order chi connectivity index (χ0) is 14.1. The van der Waals surface area contributed by atoms with E-state index in [4.69, 9.17) is 4.42 Å². The number of aromatic carboxylic acids is 1. The Bertz CT molecular complexity index is 779. The minimum atomic E-state index is -0.900. The van der Waals surface area contributed by atoms with Crippen molar-refractivity contribution in [2.24, 2.45) is 0 Å². The molecule has 1 aromatic carbocycles. The van der Waals surface area contributed by atoms with Crippen LogP contribution in [0.1, 0.15) is 21.1 Å². The Hall–Kier alpha value is -1.86. The third kappa shape index (κ3) is 2.41. The van der Waals surface area contributed by atoms with E-state index in [1.807, 2.05) is 24.3 Å². The Kier molecular flexibility index (Phi) is 3.45. The highest BCUT2D eigenvalue weighted by Gasteiger charge is 2.18. The fourth-order valence-electron chi connectivity index (χ4n) is 1.89. The zero-order valence-electron chi connectivity index (χ0n) is 10.5. The van der Waals surface area contributed by atoms with Gasteiger partial charge in [-0.25, -0.2) is 4.79 Å². The number of thiophene rings is 1. The lowest BCUT2D eigenvalue weighted by molar-refractivity contribution is 0.0701. The third-order valence-electron chi connectivity index (χ3n) is 2.74. The van der Waals surface area contributed by atoms with Crippen LogP contribution in [-0.2, 0) is 5.75 Å². The van der Waals surface area contributed by atoms with Crippen LogP contribution >= 0.6 is 23.1 Å². The fourth-order valence-corrected chi connectivity index (χ4v) is 3.88. The monoisotopic (exact) mass is 306 g/mol. The first-order valence-electron chi connectivity index (χ1n) is 5.82. The van der Waals surface area contributed by atoms with Crippen LogP contribution in [0.2, 0.25) is 0 Å². The van der Waals surface area contributed by atoms with E-state index in [0.29, 0.717) is 21.7 Å². The van der Waals surface area contributed by atoms with Gasteiger partial charge in [-0.2, -0.15) is 0 Å². The van der Waals surface area contributed by atoms with E-state index in [0.717, 1.165) is 15.6 Å². The van der Waals surface area contributed by atoms with Crippen LogP contribution in [-0.4, -0.2) is 21.3 Å². The molecular formula is C13H10N2O3S2. The molecule has 102 valence electrons. The van der Waals surface area contributed by atoms with Crippen LogP contribution in [0.4, 0.5) is 0 Å². The minimum absolute atomic E-state index is 0.370. The fraction of sp³-hybridized carbons (Fsp3) is 0.154. The van der Waals surface area contributed by atoms with Crippen molar-refractivity contribution in [2.45, 2.75) is 17.9 Å². The molecule has 5 nitrogen and oxygen atoms in total. The highest BCUT2D eigenvalue weighted by atomic mass is 32.2. The molecule has 20 heavy (non-hydrogen) atoms. The maximum atomic E-state index is 11.4. The summed E-state index contributed by atoms with van der Waals surface area (Å²) in [6.07, 6.45) is 0. The molecule has 2 heterocycles. The second-order valence-corrected chi connectivity index (χ2v) is 6.07. The van der Waals surface area contributed by atoms with Crippen LogP contribution < -0.4 is 0 Å². The van der Waals surface area contributed by atoms with Gasteiger partial charge in [-0.15, -0.1) is 21.5 Å². The molecule has 7 heteroatoms. The number of carbonyl (C=O) groups is 1. The molecule has 0 aliphatic rings. The van der Waals surface area contributed by atoms with Gasteiger partial charge in [0.05, 0.1) is 0 Å². The molecule has 3 rings (SSSR count). The van der Waals surface area contributed by atoms with Gasteiger partial charge in [0.15, 0.2) is 0 Å². The Labute approximate surface area is 122 Å². The average molecular weight is 306 g/mol. The molecule has 0 spiro atoms. The standard InChI is InChI=1S/C13H10N2O3S2/c1-7-14-15-13(18-7)19-6-9-8-4-2-3-5-10(8)20-11(9)12(16)17/h2-5H,6H2,1H3,(H,16,17). The van der Waals surface area contributed by atoms with Crippen molar-refractivity contribution in [3.8, 4) is 0 Å². The molecule has 0 radical (unpaired) electrons. The molecule has 2 aromatic heterocycles.